The molecule has 0 spiro atoms. The van der Waals surface area contributed by atoms with Gasteiger partial charge in [-0.2, -0.15) is 5.43 Å². The molecular weight excluding hydrogens is 334 g/mol. The van der Waals surface area contributed by atoms with Crippen LogP contribution < -0.4 is 10.5 Å². The molecule has 1 unspecified atom stereocenters. The van der Waals surface area contributed by atoms with E-state index in [-0.39, 0.29) is 17.5 Å². The predicted molar refractivity (Wildman–Crippen MR) is 94.3 cm³/mol. The molecule has 0 saturated carbocycles. The molecule has 8 heteroatoms. The van der Waals surface area contributed by atoms with Gasteiger partial charge in [0.15, 0.2) is 13.2 Å². The number of aromatic nitrogens is 2. The second-order valence-electron chi connectivity index (χ2n) is 7.55. The first-order valence-corrected chi connectivity index (χ1v) is 8.70. The lowest BCUT2D eigenvalue weighted by atomic mass is 9.89. The van der Waals surface area contributed by atoms with Crippen LogP contribution in [-0.4, -0.2) is 46.0 Å². The zero-order valence-electron chi connectivity index (χ0n) is 15.7. The lowest BCUT2D eigenvalue weighted by Gasteiger charge is -2.25. The summed E-state index contributed by atoms with van der Waals surface area (Å²) in [6.07, 6.45) is 7.92. The number of esters is 1. The Morgan fingerprint density at radius 2 is 2.27 bits per heavy atom. The third-order valence-corrected chi connectivity index (χ3v) is 4.85. The number of ether oxygens (including phenoxy) is 1. The molecule has 0 amide bonds. The summed E-state index contributed by atoms with van der Waals surface area (Å²) < 4.78 is 8.54. The van der Waals surface area contributed by atoms with Crippen LogP contribution in [0, 0.1) is 5.41 Å². The minimum atomic E-state index is -0.401. The van der Waals surface area contributed by atoms with E-state index in [4.69, 9.17) is 4.74 Å². The van der Waals surface area contributed by atoms with Gasteiger partial charge in [0.1, 0.15) is 0 Å². The van der Waals surface area contributed by atoms with E-state index in [2.05, 4.69) is 29.2 Å². The molecule has 2 aliphatic rings. The average molecular weight is 359 g/mol. The molecule has 0 radical (unpaired) electrons. The van der Waals surface area contributed by atoms with E-state index in [1.807, 2.05) is 10.8 Å². The van der Waals surface area contributed by atoms with Crippen LogP contribution in [0.25, 0.3) is 0 Å². The summed E-state index contributed by atoms with van der Waals surface area (Å²) in [5, 5.41) is 12.7. The van der Waals surface area contributed by atoms with Crippen molar-refractivity contribution < 1.29 is 19.3 Å². The van der Waals surface area contributed by atoms with Gasteiger partial charge in [-0.3, -0.25) is 4.99 Å². The SMILES string of the molecule is COC(=O)C1=C(N=C([O-])C2=[N+](C)NC(n3ccnc3)CC2)CC(C)(C)C1. The Balaban J connectivity index is 1.84. The fourth-order valence-corrected chi connectivity index (χ4v) is 3.54. The number of nitrogens with one attached hydrogen (secondary N) is 1. The van der Waals surface area contributed by atoms with Crippen molar-refractivity contribution in [3.8, 4) is 0 Å². The number of hydrazine groups is 1. The van der Waals surface area contributed by atoms with Gasteiger partial charge in [0.25, 0.3) is 0 Å². The molecule has 140 valence electrons. The fraction of sp³-hybridized carbons (Fsp3) is 0.556. The average Bonchev–Trinajstić information content (AvgIpc) is 3.21. The van der Waals surface area contributed by atoms with Crippen molar-refractivity contribution >= 4 is 17.6 Å². The first kappa shape index (κ1) is 18.2. The maximum Gasteiger partial charge on any atom is 0.335 e. The van der Waals surface area contributed by atoms with E-state index in [1.54, 1.807) is 24.3 Å². The van der Waals surface area contributed by atoms with Crippen molar-refractivity contribution in [3.05, 3.63) is 30.0 Å². The first-order valence-electron chi connectivity index (χ1n) is 8.70. The zero-order valence-corrected chi connectivity index (χ0v) is 15.7. The van der Waals surface area contributed by atoms with Gasteiger partial charge in [0.05, 0.1) is 30.6 Å². The van der Waals surface area contributed by atoms with Gasteiger partial charge >= 0.3 is 5.97 Å². The van der Waals surface area contributed by atoms with E-state index < -0.39 is 5.97 Å². The number of hydrogen-bond donors (Lipinski definition) is 1. The lowest BCUT2D eigenvalue weighted by Crippen LogP contribution is -2.47. The van der Waals surface area contributed by atoms with Crippen LogP contribution >= 0.6 is 0 Å². The van der Waals surface area contributed by atoms with Crippen LogP contribution in [0.2, 0.25) is 0 Å². The molecule has 1 aromatic rings. The molecule has 1 aliphatic carbocycles. The maximum atomic E-state index is 12.7. The smallest absolute Gasteiger partial charge is 0.335 e. The molecular formula is C18H25N5O3. The van der Waals surface area contributed by atoms with E-state index in [1.165, 1.54) is 7.11 Å². The molecule has 1 aromatic heterocycles. The summed E-state index contributed by atoms with van der Waals surface area (Å²) in [6, 6.07) is 0. The van der Waals surface area contributed by atoms with Crippen molar-refractivity contribution in [2.45, 2.75) is 45.7 Å². The van der Waals surface area contributed by atoms with Gasteiger partial charge in [0.2, 0.25) is 5.71 Å². The Hall–Kier alpha value is -2.64. The minimum absolute atomic E-state index is 0.0503. The van der Waals surface area contributed by atoms with Crippen LogP contribution in [0.1, 0.15) is 45.7 Å². The van der Waals surface area contributed by atoms with Crippen LogP contribution in [0.3, 0.4) is 0 Å². The Kier molecular flexibility index (Phi) is 4.84. The topological polar surface area (TPSA) is 94.6 Å². The highest BCUT2D eigenvalue weighted by Gasteiger charge is 2.35. The highest BCUT2D eigenvalue weighted by Crippen LogP contribution is 2.42. The third-order valence-electron chi connectivity index (χ3n) is 4.85. The summed E-state index contributed by atoms with van der Waals surface area (Å²) in [7, 11) is 3.16. The van der Waals surface area contributed by atoms with Crippen molar-refractivity contribution in [3.63, 3.8) is 0 Å². The molecule has 26 heavy (non-hydrogen) atoms. The highest BCUT2D eigenvalue weighted by molar-refractivity contribution is 6.35. The van der Waals surface area contributed by atoms with Gasteiger partial charge in [-0.05, 0) is 18.3 Å². The normalized spacial score (nSPS) is 23.2. The number of hydrogen-bond acceptors (Lipinski definition) is 6. The first-order chi connectivity index (χ1) is 12.3. The standard InChI is InChI=1S/C18H25N5O3/c1-18(2)9-12(17(25)26-4)13(10-18)20-16(24)14-5-6-15(21-22(14)3)23-8-7-19-11-23/h7-8,11,15H,5-6,9-10H2,1-4H3,(H-,20,21,24,25). The second-order valence-corrected chi connectivity index (χ2v) is 7.55. The van der Waals surface area contributed by atoms with E-state index in [0.29, 0.717) is 36.2 Å². The summed E-state index contributed by atoms with van der Waals surface area (Å²) in [6.45, 7) is 4.11. The van der Waals surface area contributed by atoms with Gasteiger partial charge < -0.3 is 14.4 Å². The monoisotopic (exact) mass is 359 g/mol. The van der Waals surface area contributed by atoms with Crippen LogP contribution in [-0.2, 0) is 9.53 Å². The van der Waals surface area contributed by atoms with E-state index in [0.717, 1.165) is 6.42 Å². The van der Waals surface area contributed by atoms with Gasteiger partial charge in [-0.1, -0.05) is 13.8 Å². The summed E-state index contributed by atoms with van der Waals surface area (Å²) >= 11 is 0. The Bertz CT molecular complexity index is 790. The molecule has 1 atom stereocenters. The van der Waals surface area contributed by atoms with Gasteiger partial charge in [-0.25, -0.2) is 9.78 Å². The van der Waals surface area contributed by atoms with Crippen LogP contribution in [0.15, 0.2) is 35.0 Å². The summed E-state index contributed by atoms with van der Waals surface area (Å²) in [5.74, 6) is -0.708. The van der Waals surface area contributed by atoms with E-state index >= 15 is 0 Å². The molecule has 0 fully saturated rings. The molecule has 0 aromatic carbocycles. The summed E-state index contributed by atoms with van der Waals surface area (Å²) in [5.41, 5.74) is 4.81. The Morgan fingerprint density at radius 1 is 1.50 bits per heavy atom. The van der Waals surface area contributed by atoms with Gasteiger partial charge in [-0.15, -0.1) is 4.68 Å². The molecule has 8 nitrogen and oxygen atoms in total. The quantitative estimate of drug-likeness (QED) is 0.371. The molecule has 3 rings (SSSR count). The maximum absolute atomic E-state index is 12.7. The molecule has 1 aliphatic heterocycles. The number of aliphatic imine (C=N–C) groups is 1. The van der Waals surface area contributed by atoms with Crippen molar-refractivity contribution in [1.29, 1.82) is 0 Å². The summed E-state index contributed by atoms with van der Waals surface area (Å²) in [4.78, 5) is 20.4. The van der Waals surface area contributed by atoms with Crippen LogP contribution in [0.4, 0.5) is 0 Å². The number of carbonyl (C=O) groups is 1. The number of rotatable bonds is 4. The lowest BCUT2D eigenvalue weighted by molar-refractivity contribution is -0.576. The molecule has 1 N–H and O–H groups in total. The zero-order chi connectivity index (χ0) is 18.9. The second kappa shape index (κ2) is 6.93. The third kappa shape index (κ3) is 3.63. The molecule has 0 bridgehead atoms. The van der Waals surface area contributed by atoms with Crippen molar-refractivity contribution in [2.75, 3.05) is 14.2 Å². The Morgan fingerprint density at radius 3 is 2.88 bits per heavy atom. The van der Waals surface area contributed by atoms with Crippen LogP contribution in [0.5, 0.6) is 0 Å². The fourth-order valence-electron chi connectivity index (χ4n) is 3.54. The van der Waals surface area contributed by atoms with Gasteiger partial charge in [0, 0.05) is 25.2 Å². The number of methoxy groups -OCH3 is 1. The number of hydrazone groups is 1. The number of allylic oxidation sites excluding steroid dienone is 1. The molecule has 0 saturated heterocycles. The highest BCUT2D eigenvalue weighted by atomic mass is 16.5. The minimum Gasteiger partial charge on any atom is -0.854 e. The largest absolute Gasteiger partial charge is 0.854 e. The Labute approximate surface area is 152 Å². The number of carbonyl (C=O) groups excluding carboxylic acids is 1. The number of imidazole rings is 1. The predicted octanol–water partition coefficient (Wildman–Crippen LogP) is 0.769. The van der Waals surface area contributed by atoms with Crippen molar-refractivity contribution in [2.24, 2.45) is 10.4 Å². The molecule has 2 heterocycles. The van der Waals surface area contributed by atoms with Crippen molar-refractivity contribution in [1.82, 2.24) is 15.0 Å². The van der Waals surface area contributed by atoms with E-state index in [9.17, 15) is 9.90 Å². The number of nitrogens with zero attached hydrogens (tertiary/aromatic N) is 4.